The summed E-state index contributed by atoms with van der Waals surface area (Å²) >= 11 is 1.45. The maximum absolute atomic E-state index is 11.9. The van der Waals surface area contributed by atoms with Gasteiger partial charge in [-0.2, -0.15) is 0 Å². The molecule has 2 heterocycles. The predicted molar refractivity (Wildman–Crippen MR) is 74.2 cm³/mol. The van der Waals surface area contributed by atoms with E-state index in [1.54, 1.807) is 4.90 Å². The van der Waals surface area contributed by atoms with E-state index in [4.69, 9.17) is 10.7 Å². The van der Waals surface area contributed by atoms with E-state index in [0.29, 0.717) is 17.6 Å². The summed E-state index contributed by atoms with van der Waals surface area (Å²) in [6.07, 6.45) is 2.57. The molecule has 1 aromatic rings. The molecule has 1 aliphatic carbocycles. The van der Waals surface area contributed by atoms with Crippen LogP contribution in [0.25, 0.3) is 0 Å². The molecule has 3 rings (SSSR count). The molecule has 1 saturated heterocycles. The van der Waals surface area contributed by atoms with Crippen molar-refractivity contribution in [2.24, 2.45) is 5.92 Å². The predicted octanol–water partition coefficient (Wildman–Crippen LogP) is 1.94. The van der Waals surface area contributed by atoms with Crippen molar-refractivity contribution in [2.45, 2.75) is 25.2 Å². The molecule has 19 heavy (non-hydrogen) atoms. The van der Waals surface area contributed by atoms with Crippen molar-refractivity contribution in [1.82, 2.24) is 4.98 Å². The van der Waals surface area contributed by atoms with E-state index in [9.17, 15) is 13.2 Å². The van der Waals surface area contributed by atoms with E-state index in [1.165, 1.54) is 24.2 Å². The lowest BCUT2D eigenvalue weighted by Crippen LogP contribution is -2.25. The number of aromatic nitrogens is 1. The van der Waals surface area contributed by atoms with Crippen LogP contribution in [-0.2, 0) is 13.8 Å². The summed E-state index contributed by atoms with van der Waals surface area (Å²) in [6.45, 7) is 0.391. The number of nitrogens with zero attached hydrogens (tertiary/aromatic N) is 2. The topological polar surface area (TPSA) is 67.3 Å². The fourth-order valence-corrected chi connectivity index (χ4v) is 4.58. The highest BCUT2D eigenvalue weighted by Crippen LogP contribution is 2.42. The zero-order valence-electron chi connectivity index (χ0n) is 10.1. The second-order valence-electron chi connectivity index (χ2n) is 5.11. The van der Waals surface area contributed by atoms with Gasteiger partial charge in [-0.15, -0.1) is 11.3 Å². The van der Waals surface area contributed by atoms with Crippen molar-refractivity contribution in [2.75, 3.05) is 17.2 Å². The molecule has 104 valence electrons. The van der Waals surface area contributed by atoms with E-state index >= 15 is 0 Å². The zero-order chi connectivity index (χ0) is 13.6. The molecule has 2 fully saturated rings. The van der Waals surface area contributed by atoms with Crippen molar-refractivity contribution in [3.63, 3.8) is 0 Å². The molecule has 0 bridgehead atoms. The van der Waals surface area contributed by atoms with Crippen LogP contribution in [0.3, 0.4) is 0 Å². The Morgan fingerprint density at radius 1 is 1.47 bits per heavy atom. The second kappa shape index (κ2) is 4.71. The summed E-state index contributed by atoms with van der Waals surface area (Å²) in [5.41, 5.74) is 1.06. The first-order chi connectivity index (χ1) is 8.92. The fraction of sp³-hybridized carbons (Fsp3) is 0.636. The van der Waals surface area contributed by atoms with E-state index in [1.807, 2.05) is 5.38 Å². The van der Waals surface area contributed by atoms with Gasteiger partial charge < -0.3 is 0 Å². The standard InChI is InChI=1S/C11H13ClN2O3S2/c12-19(16,17)6-7-3-10(15)14(4-7)11-13-9(5-18-11)8-1-2-8/h5,7-8H,1-4,6H2. The molecule has 0 spiro atoms. The summed E-state index contributed by atoms with van der Waals surface area (Å²) in [5.74, 6) is 0.101. The van der Waals surface area contributed by atoms with Crippen LogP contribution < -0.4 is 4.90 Å². The third-order valence-electron chi connectivity index (χ3n) is 3.38. The Hall–Kier alpha value is -0.660. The van der Waals surface area contributed by atoms with E-state index in [0.717, 1.165) is 5.69 Å². The molecule has 1 aromatic heterocycles. The number of rotatable bonds is 4. The minimum absolute atomic E-state index is 0.0676. The number of halogens is 1. The molecule has 0 radical (unpaired) electrons. The SMILES string of the molecule is O=C1CC(CS(=O)(=O)Cl)CN1c1nc(C2CC2)cs1. The Morgan fingerprint density at radius 3 is 2.84 bits per heavy atom. The average molecular weight is 321 g/mol. The molecule has 1 aliphatic heterocycles. The lowest BCUT2D eigenvalue weighted by Gasteiger charge is -2.12. The van der Waals surface area contributed by atoms with Gasteiger partial charge in [0, 0.05) is 40.9 Å². The number of anilines is 1. The maximum atomic E-state index is 11.9. The highest BCUT2D eigenvalue weighted by atomic mass is 35.7. The Bertz CT molecular complexity index is 609. The summed E-state index contributed by atoms with van der Waals surface area (Å²) in [6, 6.07) is 0. The van der Waals surface area contributed by atoms with Crippen molar-refractivity contribution in [1.29, 1.82) is 0 Å². The summed E-state index contributed by atoms with van der Waals surface area (Å²) in [7, 11) is 1.68. The quantitative estimate of drug-likeness (QED) is 0.795. The van der Waals surface area contributed by atoms with Crippen molar-refractivity contribution >= 4 is 42.1 Å². The Kier molecular flexibility index (Phi) is 3.31. The van der Waals surface area contributed by atoms with Gasteiger partial charge in [-0.25, -0.2) is 13.4 Å². The van der Waals surface area contributed by atoms with Gasteiger partial charge in [-0.05, 0) is 12.8 Å². The van der Waals surface area contributed by atoms with Crippen LogP contribution in [0.2, 0.25) is 0 Å². The Balaban J connectivity index is 1.72. The molecule has 8 heteroatoms. The van der Waals surface area contributed by atoms with Crippen molar-refractivity contribution in [3.05, 3.63) is 11.1 Å². The summed E-state index contributed by atoms with van der Waals surface area (Å²) in [5, 5.41) is 2.67. The highest BCUT2D eigenvalue weighted by Gasteiger charge is 2.35. The first-order valence-electron chi connectivity index (χ1n) is 6.10. The van der Waals surface area contributed by atoms with Gasteiger partial charge in [0.2, 0.25) is 15.0 Å². The number of carbonyl (C=O) groups excluding carboxylic acids is 1. The second-order valence-corrected chi connectivity index (χ2v) is 8.77. The summed E-state index contributed by atoms with van der Waals surface area (Å²) < 4.78 is 22.1. The summed E-state index contributed by atoms with van der Waals surface area (Å²) in [4.78, 5) is 18.0. The Morgan fingerprint density at radius 2 is 2.21 bits per heavy atom. The van der Waals surface area contributed by atoms with Gasteiger partial charge in [-0.3, -0.25) is 9.69 Å². The first-order valence-corrected chi connectivity index (χ1v) is 9.46. The van der Waals surface area contributed by atoms with Crippen LogP contribution in [0.1, 0.15) is 30.9 Å². The Labute approximate surface area is 120 Å². The molecular weight excluding hydrogens is 308 g/mol. The van der Waals surface area contributed by atoms with Gasteiger partial charge in [0.05, 0.1) is 11.4 Å². The molecule has 1 saturated carbocycles. The van der Waals surface area contributed by atoms with E-state index in [2.05, 4.69) is 4.98 Å². The minimum atomic E-state index is -3.56. The molecule has 1 amide bonds. The van der Waals surface area contributed by atoms with Crippen LogP contribution in [0, 0.1) is 5.92 Å². The largest absolute Gasteiger partial charge is 0.288 e. The monoisotopic (exact) mass is 320 g/mol. The van der Waals surface area contributed by atoms with Gasteiger partial charge in [0.25, 0.3) is 0 Å². The minimum Gasteiger partial charge on any atom is -0.288 e. The van der Waals surface area contributed by atoms with Gasteiger partial charge in [0.15, 0.2) is 5.13 Å². The molecule has 1 atom stereocenters. The van der Waals surface area contributed by atoms with Crippen LogP contribution in [0.4, 0.5) is 5.13 Å². The third-order valence-corrected chi connectivity index (χ3v) is 5.51. The van der Waals surface area contributed by atoms with Crippen LogP contribution in [-0.4, -0.2) is 31.6 Å². The van der Waals surface area contributed by atoms with Crippen LogP contribution in [0.5, 0.6) is 0 Å². The van der Waals surface area contributed by atoms with E-state index < -0.39 is 9.05 Å². The van der Waals surface area contributed by atoms with Crippen LogP contribution >= 0.6 is 22.0 Å². The normalized spacial score (nSPS) is 24.2. The van der Waals surface area contributed by atoms with Gasteiger partial charge in [-0.1, -0.05) is 0 Å². The fourth-order valence-electron chi connectivity index (χ4n) is 2.33. The molecule has 0 aromatic carbocycles. The number of hydrogen-bond donors (Lipinski definition) is 0. The van der Waals surface area contributed by atoms with Crippen LogP contribution in [0.15, 0.2) is 5.38 Å². The van der Waals surface area contributed by atoms with Gasteiger partial charge >= 0.3 is 0 Å². The average Bonchev–Trinajstić information content (AvgIpc) is 2.91. The molecule has 5 nitrogen and oxygen atoms in total. The maximum Gasteiger partial charge on any atom is 0.232 e. The smallest absolute Gasteiger partial charge is 0.232 e. The number of amides is 1. The first kappa shape index (κ1) is 13.3. The molecule has 0 N–H and O–H groups in total. The van der Waals surface area contributed by atoms with Crippen molar-refractivity contribution < 1.29 is 13.2 Å². The number of thiazole rings is 1. The zero-order valence-corrected chi connectivity index (χ0v) is 12.5. The van der Waals surface area contributed by atoms with Crippen molar-refractivity contribution in [3.8, 4) is 0 Å². The third kappa shape index (κ3) is 3.09. The van der Waals surface area contributed by atoms with Gasteiger partial charge in [0.1, 0.15) is 0 Å². The highest BCUT2D eigenvalue weighted by molar-refractivity contribution is 8.13. The molecular formula is C11H13ClN2O3S2. The van der Waals surface area contributed by atoms with E-state index in [-0.39, 0.29) is 24.0 Å². The number of carbonyl (C=O) groups is 1. The molecule has 1 unspecified atom stereocenters. The lowest BCUT2D eigenvalue weighted by molar-refractivity contribution is -0.117. The lowest BCUT2D eigenvalue weighted by atomic mass is 10.1. The number of hydrogen-bond acceptors (Lipinski definition) is 5. The molecule has 2 aliphatic rings.